The second-order valence-corrected chi connectivity index (χ2v) is 7.26. The Morgan fingerprint density at radius 1 is 1.16 bits per heavy atom. The molecule has 1 aromatic carbocycles. The molecule has 1 atom stereocenters. The summed E-state index contributed by atoms with van der Waals surface area (Å²) in [6.45, 7) is 5.52. The van der Waals surface area contributed by atoms with Crippen molar-refractivity contribution >= 4 is 11.7 Å². The van der Waals surface area contributed by atoms with Crippen LogP contribution in [-0.4, -0.2) is 50.3 Å². The Morgan fingerprint density at radius 3 is 2.44 bits per heavy atom. The fourth-order valence-corrected chi connectivity index (χ4v) is 3.80. The van der Waals surface area contributed by atoms with Crippen molar-refractivity contribution in [1.29, 1.82) is 0 Å². The first-order chi connectivity index (χ1) is 12.1. The van der Waals surface area contributed by atoms with Gasteiger partial charge in [-0.2, -0.15) is 0 Å². The molecule has 1 N–H and O–H groups in total. The zero-order valence-corrected chi connectivity index (χ0v) is 15.5. The molecular formula is C20H31N3O2. The minimum absolute atomic E-state index is 0.0114. The first-order valence-corrected chi connectivity index (χ1v) is 9.61. The molecule has 5 nitrogen and oxygen atoms in total. The molecule has 2 fully saturated rings. The van der Waals surface area contributed by atoms with Crippen molar-refractivity contribution in [3.63, 3.8) is 0 Å². The Bertz CT molecular complexity index is 549. The molecule has 0 bridgehead atoms. The Balaban J connectivity index is 1.54. The van der Waals surface area contributed by atoms with Crippen LogP contribution in [0.4, 0.5) is 10.5 Å². The summed E-state index contributed by atoms with van der Waals surface area (Å²) in [5.74, 6) is 0. The number of carbonyl (C=O) groups is 1. The molecule has 0 aromatic heterocycles. The van der Waals surface area contributed by atoms with E-state index in [0.29, 0.717) is 6.04 Å². The fourth-order valence-electron chi connectivity index (χ4n) is 3.80. The van der Waals surface area contributed by atoms with Gasteiger partial charge in [-0.05, 0) is 37.5 Å². The maximum Gasteiger partial charge on any atom is 0.317 e. The van der Waals surface area contributed by atoms with Crippen molar-refractivity contribution in [2.45, 2.75) is 51.1 Å². The molecule has 0 spiro atoms. The van der Waals surface area contributed by atoms with E-state index in [-0.39, 0.29) is 12.1 Å². The van der Waals surface area contributed by atoms with Crippen molar-refractivity contribution in [1.82, 2.24) is 10.2 Å². The zero-order valence-electron chi connectivity index (χ0n) is 15.5. The van der Waals surface area contributed by atoms with Crippen molar-refractivity contribution in [2.75, 3.05) is 38.3 Å². The number of hydrogen-bond acceptors (Lipinski definition) is 3. The van der Waals surface area contributed by atoms with Crippen LogP contribution in [0.5, 0.6) is 0 Å². The Kier molecular flexibility index (Phi) is 6.19. The van der Waals surface area contributed by atoms with Gasteiger partial charge in [0.15, 0.2) is 0 Å². The first kappa shape index (κ1) is 18.1. The summed E-state index contributed by atoms with van der Waals surface area (Å²) in [5, 5.41) is 3.15. The Labute approximate surface area is 151 Å². The highest BCUT2D eigenvalue weighted by Gasteiger charge is 2.23. The predicted octanol–water partition coefficient (Wildman–Crippen LogP) is 3.56. The largest absolute Gasteiger partial charge is 0.378 e. The van der Waals surface area contributed by atoms with Crippen LogP contribution in [-0.2, 0) is 4.74 Å². The monoisotopic (exact) mass is 345 g/mol. The molecular weight excluding hydrogens is 314 g/mol. The standard InChI is InChI=1S/C20H31N3O2/c1-16(21-20(24)22(2)18-6-4-3-5-7-18)17-8-10-19(11-9-17)23-12-14-25-15-13-23/h8-11,16,18H,3-7,12-15H2,1-2H3,(H,21,24). The third-order valence-corrected chi connectivity index (χ3v) is 5.55. The third kappa shape index (κ3) is 4.66. The van der Waals surface area contributed by atoms with Crippen LogP contribution in [0.25, 0.3) is 0 Å². The van der Waals surface area contributed by atoms with Crippen molar-refractivity contribution in [3.8, 4) is 0 Å². The molecule has 1 aliphatic heterocycles. The minimum Gasteiger partial charge on any atom is -0.378 e. The van der Waals surface area contributed by atoms with Gasteiger partial charge in [0.05, 0.1) is 19.3 Å². The van der Waals surface area contributed by atoms with Crippen molar-refractivity contribution in [2.24, 2.45) is 0 Å². The lowest BCUT2D eigenvalue weighted by molar-refractivity contribution is 0.122. The second kappa shape index (κ2) is 8.56. The van der Waals surface area contributed by atoms with Crippen LogP contribution in [0, 0.1) is 0 Å². The topological polar surface area (TPSA) is 44.8 Å². The number of ether oxygens (including phenoxy) is 1. The van der Waals surface area contributed by atoms with E-state index in [0.717, 1.165) is 44.7 Å². The first-order valence-electron chi connectivity index (χ1n) is 9.61. The number of urea groups is 1. The zero-order chi connectivity index (χ0) is 17.6. The number of nitrogens with one attached hydrogen (secondary N) is 1. The van der Waals surface area contributed by atoms with Gasteiger partial charge in [-0.3, -0.25) is 0 Å². The van der Waals surface area contributed by atoms with Crippen LogP contribution in [0.15, 0.2) is 24.3 Å². The predicted molar refractivity (Wildman–Crippen MR) is 101 cm³/mol. The summed E-state index contributed by atoms with van der Waals surface area (Å²) in [6, 6.07) is 8.98. The van der Waals surface area contributed by atoms with Crippen molar-refractivity contribution < 1.29 is 9.53 Å². The van der Waals surface area contributed by atoms with E-state index >= 15 is 0 Å². The van der Waals surface area contributed by atoms with Gasteiger partial charge in [0.25, 0.3) is 0 Å². The lowest BCUT2D eigenvalue weighted by atomic mass is 9.95. The highest BCUT2D eigenvalue weighted by Crippen LogP contribution is 2.23. The van der Waals surface area contributed by atoms with E-state index in [1.807, 2.05) is 11.9 Å². The lowest BCUT2D eigenvalue weighted by Gasteiger charge is -2.32. The molecule has 2 aliphatic rings. The molecule has 1 aliphatic carbocycles. The van der Waals surface area contributed by atoms with Crippen LogP contribution in [0.2, 0.25) is 0 Å². The van der Waals surface area contributed by atoms with E-state index in [1.165, 1.54) is 24.9 Å². The summed E-state index contributed by atoms with van der Waals surface area (Å²) in [4.78, 5) is 16.8. The molecule has 1 saturated heterocycles. The molecule has 25 heavy (non-hydrogen) atoms. The number of rotatable bonds is 4. The van der Waals surface area contributed by atoms with E-state index in [4.69, 9.17) is 4.74 Å². The highest BCUT2D eigenvalue weighted by molar-refractivity contribution is 5.74. The number of morpholine rings is 1. The molecule has 1 aromatic rings. The molecule has 1 unspecified atom stereocenters. The number of hydrogen-bond donors (Lipinski definition) is 1. The van der Waals surface area contributed by atoms with Gasteiger partial charge >= 0.3 is 6.03 Å². The number of carbonyl (C=O) groups excluding carboxylic acids is 1. The molecule has 3 rings (SSSR count). The number of nitrogens with zero attached hydrogens (tertiary/aromatic N) is 2. The smallest absolute Gasteiger partial charge is 0.317 e. The Morgan fingerprint density at radius 2 is 1.80 bits per heavy atom. The lowest BCUT2D eigenvalue weighted by Crippen LogP contribution is -2.45. The van der Waals surface area contributed by atoms with Gasteiger partial charge < -0.3 is 19.9 Å². The maximum absolute atomic E-state index is 12.5. The van der Waals surface area contributed by atoms with Crippen LogP contribution in [0.1, 0.15) is 50.6 Å². The quantitative estimate of drug-likeness (QED) is 0.907. The SMILES string of the molecule is CC(NC(=O)N(C)C1CCCCC1)c1ccc(N2CCOCC2)cc1. The highest BCUT2D eigenvalue weighted by atomic mass is 16.5. The summed E-state index contributed by atoms with van der Waals surface area (Å²) in [5.41, 5.74) is 2.37. The van der Waals surface area contributed by atoms with Gasteiger partial charge in [-0.25, -0.2) is 4.79 Å². The second-order valence-electron chi connectivity index (χ2n) is 7.26. The summed E-state index contributed by atoms with van der Waals surface area (Å²) in [7, 11) is 1.93. The summed E-state index contributed by atoms with van der Waals surface area (Å²) >= 11 is 0. The molecule has 1 heterocycles. The summed E-state index contributed by atoms with van der Waals surface area (Å²) < 4.78 is 5.41. The fraction of sp³-hybridized carbons (Fsp3) is 0.650. The van der Waals surface area contributed by atoms with Crippen LogP contribution in [0.3, 0.4) is 0 Å². The van der Waals surface area contributed by atoms with Gasteiger partial charge in [0, 0.05) is 31.9 Å². The normalized spacial score (nSPS) is 20.2. The van der Waals surface area contributed by atoms with Crippen molar-refractivity contribution in [3.05, 3.63) is 29.8 Å². The average Bonchev–Trinajstić information content (AvgIpc) is 2.68. The molecule has 138 valence electrons. The summed E-state index contributed by atoms with van der Waals surface area (Å²) in [6.07, 6.45) is 6.04. The molecule has 5 heteroatoms. The average molecular weight is 345 g/mol. The van der Waals surface area contributed by atoms with Crippen LogP contribution >= 0.6 is 0 Å². The van der Waals surface area contributed by atoms with Gasteiger partial charge in [-0.15, -0.1) is 0 Å². The van der Waals surface area contributed by atoms with E-state index in [1.54, 1.807) is 0 Å². The Hall–Kier alpha value is -1.75. The van der Waals surface area contributed by atoms with E-state index < -0.39 is 0 Å². The van der Waals surface area contributed by atoms with Gasteiger partial charge in [-0.1, -0.05) is 31.4 Å². The third-order valence-electron chi connectivity index (χ3n) is 5.55. The number of amides is 2. The van der Waals surface area contributed by atoms with Gasteiger partial charge in [0.1, 0.15) is 0 Å². The molecule has 1 saturated carbocycles. The van der Waals surface area contributed by atoms with Crippen LogP contribution < -0.4 is 10.2 Å². The van der Waals surface area contributed by atoms with E-state index in [9.17, 15) is 4.79 Å². The van der Waals surface area contributed by atoms with Gasteiger partial charge in [0.2, 0.25) is 0 Å². The molecule has 2 amide bonds. The maximum atomic E-state index is 12.5. The van der Waals surface area contributed by atoms with E-state index in [2.05, 4.69) is 41.4 Å². The molecule has 0 radical (unpaired) electrons. The minimum atomic E-state index is 0.0114. The number of benzene rings is 1. The number of anilines is 1.